The van der Waals surface area contributed by atoms with Gasteiger partial charge in [-0.25, -0.2) is 9.37 Å². The van der Waals surface area contributed by atoms with Crippen molar-refractivity contribution in [2.45, 2.75) is 20.4 Å². The third-order valence-corrected chi connectivity index (χ3v) is 7.18. The Morgan fingerprint density at radius 1 is 1.06 bits per heavy atom. The summed E-state index contributed by atoms with van der Waals surface area (Å²) in [6.45, 7) is 9.53. The number of rotatable bonds is 6. The average molecular weight is 491 g/mol. The minimum atomic E-state index is -0.591. The molecule has 0 radical (unpaired) electrons. The summed E-state index contributed by atoms with van der Waals surface area (Å²) < 4.78 is 14.1. The number of piperazine rings is 2. The van der Waals surface area contributed by atoms with Gasteiger partial charge >= 0.3 is 0 Å². The molecule has 2 saturated heterocycles. The molecule has 2 aliphatic heterocycles. The maximum absolute atomic E-state index is 14.1. The molecule has 10 heteroatoms. The van der Waals surface area contributed by atoms with E-state index in [0.29, 0.717) is 63.1 Å². The van der Waals surface area contributed by atoms with Gasteiger partial charge in [0.2, 0.25) is 11.9 Å². The predicted octanol–water partition coefficient (Wildman–Crippen LogP) is 2.14. The number of halogens is 2. The van der Waals surface area contributed by atoms with Crippen LogP contribution in [0.3, 0.4) is 0 Å². The van der Waals surface area contributed by atoms with Crippen molar-refractivity contribution in [1.29, 1.82) is 0 Å². The molecule has 4 rings (SSSR count). The number of benzene rings is 1. The molecule has 0 atom stereocenters. The molecule has 0 spiro atoms. The molecule has 1 aromatic carbocycles. The molecule has 0 saturated carbocycles. The fourth-order valence-electron chi connectivity index (χ4n) is 4.42. The zero-order valence-corrected chi connectivity index (χ0v) is 20.5. The van der Waals surface area contributed by atoms with Crippen LogP contribution >= 0.6 is 11.6 Å². The van der Waals surface area contributed by atoms with Gasteiger partial charge in [-0.3, -0.25) is 19.5 Å². The molecule has 0 aliphatic carbocycles. The maximum atomic E-state index is 14.1. The molecule has 2 aliphatic rings. The number of nitrogens with one attached hydrogen (secondary N) is 1. The van der Waals surface area contributed by atoms with E-state index < -0.39 is 5.41 Å². The largest absolute Gasteiger partial charge is 0.367 e. The van der Waals surface area contributed by atoms with E-state index in [1.54, 1.807) is 12.1 Å². The molecule has 2 fully saturated rings. The lowest BCUT2D eigenvalue weighted by molar-refractivity contribution is -0.139. The zero-order valence-electron chi connectivity index (χ0n) is 19.8. The monoisotopic (exact) mass is 490 g/mol. The van der Waals surface area contributed by atoms with Crippen LogP contribution in [0.1, 0.15) is 19.5 Å². The van der Waals surface area contributed by atoms with Crippen LogP contribution in [0.2, 0.25) is 0 Å². The molecule has 184 valence electrons. The van der Waals surface area contributed by atoms with Crippen LogP contribution in [0.4, 0.5) is 16.0 Å². The van der Waals surface area contributed by atoms with Crippen molar-refractivity contribution >= 4 is 29.1 Å². The van der Waals surface area contributed by atoms with Gasteiger partial charge in [0, 0.05) is 70.8 Å². The van der Waals surface area contributed by atoms with Gasteiger partial charge in [0.15, 0.2) is 0 Å². The number of carbonyl (C=O) groups is 1. The minimum absolute atomic E-state index is 0.0480. The second-order valence-electron chi connectivity index (χ2n) is 9.57. The Bertz CT molecular complexity index is 1060. The Hall–Kier alpha value is -2.65. The second-order valence-corrected chi connectivity index (χ2v) is 9.84. The summed E-state index contributed by atoms with van der Waals surface area (Å²) in [5.74, 6) is 0.658. The molecule has 34 heavy (non-hydrogen) atoms. The lowest BCUT2D eigenvalue weighted by atomic mass is 9.94. The van der Waals surface area contributed by atoms with Crippen LogP contribution in [0.5, 0.6) is 0 Å². The molecule has 8 nitrogen and oxygen atoms in total. The van der Waals surface area contributed by atoms with Gasteiger partial charge in [0.1, 0.15) is 5.82 Å². The van der Waals surface area contributed by atoms with Crippen LogP contribution in [-0.2, 0) is 11.3 Å². The number of para-hydroxylation sites is 1. The molecular weight excluding hydrogens is 459 g/mol. The standard InChI is InChI=1S/C24H32ClFN6O2/c1-24(2,17-25)22(34)31-11-13-32(14-12-31)23-27-18(15-21(33)28-23)16-29-7-9-30(10-8-29)20-6-4-3-5-19(20)26/h3-6,15H,7-14,16-17H2,1-2H3,(H,27,28,33). The van der Waals surface area contributed by atoms with Gasteiger partial charge in [-0.1, -0.05) is 12.1 Å². The Balaban J connectivity index is 1.35. The second kappa shape index (κ2) is 10.3. The Morgan fingerprint density at radius 3 is 2.35 bits per heavy atom. The number of carbonyl (C=O) groups excluding carboxylic acids is 1. The Labute approximate surface area is 204 Å². The first-order valence-electron chi connectivity index (χ1n) is 11.7. The van der Waals surface area contributed by atoms with E-state index in [4.69, 9.17) is 16.6 Å². The summed E-state index contributed by atoms with van der Waals surface area (Å²) in [6, 6.07) is 8.37. The van der Waals surface area contributed by atoms with Crippen molar-refractivity contribution in [2.24, 2.45) is 5.41 Å². The summed E-state index contributed by atoms with van der Waals surface area (Å²) in [5.41, 5.74) is 0.560. The zero-order chi connectivity index (χ0) is 24.3. The summed E-state index contributed by atoms with van der Waals surface area (Å²) in [6.07, 6.45) is 0. The molecule has 2 aromatic rings. The highest BCUT2D eigenvalue weighted by Crippen LogP contribution is 2.23. The number of amides is 1. The third-order valence-electron chi connectivity index (χ3n) is 6.51. The number of H-pyrrole nitrogens is 1. The summed E-state index contributed by atoms with van der Waals surface area (Å²) >= 11 is 5.96. The number of aromatic amines is 1. The molecule has 1 aromatic heterocycles. The predicted molar refractivity (Wildman–Crippen MR) is 132 cm³/mol. The highest BCUT2D eigenvalue weighted by molar-refractivity contribution is 6.19. The topological polar surface area (TPSA) is 75.8 Å². The molecule has 1 N–H and O–H groups in total. The Morgan fingerprint density at radius 2 is 1.71 bits per heavy atom. The molecule has 3 heterocycles. The SMILES string of the molecule is CC(C)(CCl)C(=O)N1CCN(c2nc(CN3CCN(c4ccccc4F)CC3)cc(=O)[nH]2)CC1. The smallest absolute Gasteiger partial charge is 0.252 e. The highest BCUT2D eigenvalue weighted by atomic mass is 35.5. The van der Waals surface area contributed by atoms with E-state index in [0.717, 1.165) is 13.1 Å². The van der Waals surface area contributed by atoms with E-state index in [1.165, 1.54) is 12.1 Å². The van der Waals surface area contributed by atoms with Crippen LogP contribution in [0, 0.1) is 11.2 Å². The van der Waals surface area contributed by atoms with Gasteiger partial charge in [-0.05, 0) is 26.0 Å². The minimum Gasteiger partial charge on any atom is -0.367 e. The van der Waals surface area contributed by atoms with Gasteiger partial charge in [0.25, 0.3) is 5.56 Å². The first kappa shape index (κ1) is 24.5. The molecule has 0 bridgehead atoms. The van der Waals surface area contributed by atoms with Crippen molar-refractivity contribution in [1.82, 2.24) is 19.8 Å². The number of hydrogen-bond acceptors (Lipinski definition) is 6. The van der Waals surface area contributed by atoms with Crippen molar-refractivity contribution in [3.05, 3.63) is 52.2 Å². The summed E-state index contributed by atoms with van der Waals surface area (Å²) in [4.78, 5) is 40.7. The number of hydrogen-bond donors (Lipinski definition) is 1. The highest BCUT2D eigenvalue weighted by Gasteiger charge is 2.33. The number of nitrogens with zero attached hydrogens (tertiary/aromatic N) is 5. The summed E-state index contributed by atoms with van der Waals surface area (Å²) in [5, 5.41) is 0. The molecular formula is C24H32ClFN6O2. The van der Waals surface area contributed by atoms with Crippen LogP contribution in [-0.4, -0.2) is 83.9 Å². The average Bonchev–Trinajstić information content (AvgIpc) is 2.84. The third kappa shape index (κ3) is 5.52. The van der Waals surface area contributed by atoms with E-state index in [-0.39, 0.29) is 23.2 Å². The lowest BCUT2D eigenvalue weighted by Crippen LogP contribution is -2.53. The van der Waals surface area contributed by atoms with E-state index >= 15 is 0 Å². The molecule has 0 unspecified atom stereocenters. The fraction of sp³-hybridized carbons (Fsp3) is 0.542. The van der Waals surface area contributed by atoms with Gasteiger partial charge in [-0.2, -0.15) is 0 Å². The van der Waals surface area contributed by atoms with Gasteiger partial charge < -0.3 is 14.7 Å². The van der Waals surface area contributed by atoms with Crippen LogP contribution in [0.25, 0.3) is 0 Å². The normalized spacial score (nSPS) is 17.8. The van der Waals surface area contributed by atoms with Crippen molar-refractivity contribution in [3.8, 4) is 0 Å². The first-order valence-corrected chi connectivity index (χ1v) is 12.2. The quantitative estimate of drug-likeness (QED) is 0.625. The van der Waals surface area contributed by atoms with Crippen molar-refractivity contribution in [3.63, 3.8) is 0 Å². The van der Waals surface area contributed by atoms with Gasteiger partial charge in [0.05, 0.1) is 16.8 Å². The van der Waals surface area contributed by atoms with E-state index in [9.17, 15) is 14.0 Å². The fourth-order valence-corrected chi connectivity index (χ4v) is 4.53. The van der Waals surface area contributed by atoms with Crippen molar-refractivity contribution in [2.75, 3.05) is 68.0 Å². The molecule has 1 amide bonds. The van der Waals surface area contributed by atoms with Crippen molar-refractivity contribution < 1.29 is 9.18 Å². The lowest BCUT2D eigenvalue weighted by Gasteiger charge is -2.38. The van der Waals surface area contributed by atoms with Crippen LogP contribution in [0.15, 0.2) is 35.1 Å². The maximum Gasteiger partial charge on any atom is 0.252 e. The van der Waals surface area contributed by atoms with E-state index in [1.807, 2.05) is 29.7 Å². The van der Waals surface area contributed by atoms with Crippen LogP contribution < -0.4 is 15.4 Å². The van der Waals surface area contributed by atoms with E-state index in [2.05, 4.69) is 14.8 Å². The van der Waals surface area contributed by atoms with Gasteiger partial charge in [-0.15, -0.1) is 11.6 Å². The number of anilines is 2. The summed E-state index contributed by atoms with van der Waals surface area (Å²) in [7, 11) is 0. The number of alkyl halides is 1. The number of aromatic nitrogens is 2. The Kier molecular flexibility index (Phi) is 7.42. The first-order chi connectivity index (χ1) is 16.3.